The summed E-state index contributed by atoms with van der Waals surface area (Å²) in [6, 6.07) is 3.77. The maximum Gasteiger partial charge on any atom is 0.151 e. The first kappa shape index (κ1) is 12.2. The van der Waals surface area contributed by atoms with E-state index in [0.29, 0.717) is 11.3 Å². The largest absolute Gasteiger partial charge is 0.396 e. The van der Waals surface area contributed by atoms with E-state index in [2.05, 4.69) is 20.9 Å². The summed E-state index contributed by atoms with van der Waals surface area (Å²) in [5.41, 5.74) is 7.11. The predicted octanol–water partition coefficient (Wildman–Crippen LogP) is 1.07. The molecule has 1 aromatic heterocycles. The SMILES string of the molecule is N#Cc1cnc(N2CCN(CC3CC3)CC2)c(N)c1. The Balaban J connectivity index is 1.62. The lowest BCUT2D eigenvalue weighted by molar-refractivity contribution is 0.247. The molecule has 0 amide bonds. The highest BCUT2D eigenvalue weighted by molar-refractivity contribution is 5.64. The van der Waals surface area contributed by atoms with Gasteiger partial charge in [-0.1, -0.05) is 0 Å². The fourth-order valence-corrected chi connectivity index (χ4v) is 2.61. The van der Waals surface area contributed by atoms with Gasteiger partial charge in [0.15, 0.2) is 5.82 Å². The van der Waals surface area contributed by atoms with Crippen molar-refractivity contribution in [3.05, 3.63) is 17.8 Å². The van der Waals surface area contributed by atoms with Crippen molar-refractivity contribution in [2.45, 2.75) is 12.8 Å². The van der Waals surface area contributed by atoms with Crippen LogP contribution >= 0.6 is 0 Å². The van der Waals surface area contributed by atoms with Gasteiger partial charge in [-0.2, -0.15) is 5.26 Å². The second kappa shape index (κ2) is 5.06. The van der Waals surface area contributed by atoms with Gasteiger partial charge >= 0.3 is 0 Å². The minimum absolute atomic E-state index is 0.522. The van der Waals surface area contributed by atoms with E-state index in [-0.39, 0.29) is 0 Å². The number of nitrogens with zero attached hydrogens (tertiary/aromatic N) is 4. The molecule has 0 bridgehead atoms. The molecular weight excluding hydrogens is 238 g/mol. The minimum atomic E-state index is 0.522. The molecule has 0 unspecified atom stereocenters. The average Bonchev–Trinajstić information content (AvgIpc) is 3.24. The summed E-state index contributed by atoms with van der Waals surface area (Å²) in [6.07, 6.45) is 4.41. The highest BCUT2D eigenvalue weighted by atomic mass is 15.3. The zero-order valence-electron chi connectivity index (χ0n) is 11.0. The fourth-order valence-electron chi connectivity index (χ4n) is 2.61. The van der Waals surface area contributed by atoms with Crippen LogP contribution < -0.4 is 10.6 Å². The Morgan fingerprint density at radius 3 is 2.63 bits per heavy atom. The molecule has 2 heterocycles. The number of pyridine rings is 1. The molecule has 0 aromatic carbocycles. The van der Waals surface area contributed by atoms with Gasteiger partial charge in [-0.05, 0) is 24.8 Å². The number of hydrogen-bond donors (Lipinski definition) is 1. The van der Waals surface area contributed by atoms with Crippen molar-refractivity contribution in [3.8, 4) is 6.07 Å². The van der Waals surface area contributed by atoms with E-state index >= 15 is 0 Å². The van der Waals surface area contributed by atoms with Gasteiger partial charge in [0, 0.05) is 38.9 Å². The van der Waals surface area contributed by atoms with Crippen LogP contribution in [0.15, 0.2) is 12.3 Å². The van der Waals surface area contributed by atoms with Crippen molar-refractivity contribution in [3.63, 3.8) is 0 Å². The Morgan fingerprint density at radius 2 is 2.05 bits per heavy atom. The Labute approximate surface area is 113 Å². The van der Waals surface area contributed by atoms with Crippen molar-refractivity contribution < 1.29 is 0 Å². The molecule has 5 nitrogen and oxygen atoms in total. The van der Waals surface area contributed by atoms with Gasteiger partial charge in [0.2, 0.25) is 0 Å². The van der Waals surface area contributed by atoms with E-state index in [1.54, 1.807) is 12.3 Å². The van der Waals surface area contributed by atoms with Crippen molar-refractivity contribution in [1.29, 1.82) is 5.26 Å². The fraction of sp³-hybridized carbons (Fsp3) is 0.571. The number of piperazine rings is 1. The third kappa shape index (κ3) is 2.79. The van der Waals surface area contributed by atoms with Gasteiger partial charge in [-0.3, -0.25) is 4.90 Å². The molecule has 3 rings (SSSR count). The zero-order valence-corrected chi connectivity index (χ0v) is 11.0. The number of nitrogens with two attached hydrogens (primary N) is 1. The van der Waals surface area contributed by atoms with E-state index in [9.17, 15) is 0 Å². The van der Waals surface area contributed by atoms with Crippen LogP contribution in [0.1, 0.15) is 18.4 Å². The standard InChI is InChI=1S/C14H19N5/c15-8-12-7-13(16)14(17-9-12)19-5-3-18(4-6-19)10-11-1-2-11/h7,9,11H,1-6,10,16H2. The quantitative estimate of drug-likeness (QED) is 0.877. The summed E-state index contributed by atoms with van der Waals surface area (Å²) in [5, 5.41) is 8.82. The van der Waals surface area contributed by atoms with Gasteiger partial charge in [0.1, 0.15) is 6.07 Å². The number of aromatic nitrogens is 1. The second-order valence-corrected chi connectivity index (χ2v) is 5.48. The van der Waals surface area contributed by atoms with Crippen LogP contribution in [-0.2, 0) is 0 Å². The summed E-state index contributed by atoms with van der Waals surface area (Å²) in [5.74, 6) is 1.77. The van der Waals surface area contributed by atoms with Crippen LogP contribution in [0.4, 0.5) is 11.5 Å². The summed E-state index contributed by atoms with van der Waals surface area (Å²) in [4.78, 5) is 9.09. The molecule has 5 heteroatoms. The molecule has 1 saturated heterocycles. The van der Waals surface area contributed by atoms with Gasteiger partial charge < -0.3 is 10.6 Å². The highest BCUT2D eigenvalue weighted by Crippen LogP contribution is 2.30. The summed E-state index contributed by atoms with van der Waals surface area (Å²) in [7, 11) is 0. The van der Waals surface area contributed by atoms with Crippen LogP contribution in [0.25, 0.3) is 0 Å². The van der Waals surface area contributed by atoms with Gasteiger partial charge in [0.05, 0.1) is 11.3 Å². The number of nitrogen functional groups attached to an aromatic ring is 1. The van der Waals surface area contributed by atoms with Crippen molar-refractivity contribution in [2.24, 2.45) is 5.92 Å². The smallest absolute Gasteiger partial charge is 0.151 e. The second-order valence-electron chi connectivity index (χ2n) is 5.48. The maximum atomic E-state index is 8.82. The number of nitriles is 1. The lowest BCUT2D eigenvalue weighted by Crippen LogP contribution is -2.47. The third-order valence-electron chi connectivity index (χ3n) is 3.91. The van der Waals surface area contributed by atoms with Gasteiger partial charge in [-0.25, -0.2) is 4.98 Å². The number of hydrogen-bond acceptors (Lipinski definition) is 5. The van der Waals surface area contributed by atoms with E-state index in [1.807, 2.05) is 0 Å². The molecule has 0 atom stereocenters. The Morgan fingerprint density at radius 1 is 1.32 bits per heavy atom. The first-order valence-corrected chi connectivity index (χ1v) is 6.89. The minimum Gasteiger partial charge on any atom is -0.396 e. The molecule has 2 N–H and O–H groups in total. The van der Waals surface area contributed by atoms with Crippen LogP contribution in [-0.4, -0.2) is 42.6 Å². The monoisotopic (exact) mass is 257 g/mol. The Kier molecular flexibility index (Phi) is 3.26. The highest BCUT2D eigenvalue weighted by Gasteiger charge is 2.27. The molecule has 19 heavy (non-hydrogen) atoms. The third-order valence-corrected chi connectivity index (χ3v) is 3.91. The molecule has 1 aliphatic heterocycles. The summed E-state index contributed by atoms with van der Waals surface area (Å²) < 4.78 is 0. The van der Waals surface area contributed by atoms with Crippen LogP contribution in [0.3, 0.4) is 0 Å². The first-order valence-electron chi connectivity index (χ1n) is 6.89. The Bertz CT molecular complexity index is 495. The molecule has 1 aliphatic carbocycles. The first-order chi connectivity index (χ1) is 9.26. The molecule has 0 radical (unpaired) electrons. The van der Waals surface area contributed by atoms with Crippen molar-refractivity contribution >= 4 is 11.5 Å². The van der Waals surface area contributed by atoms with Crippen LogP contribution in [0.5, 0.6) is 0 Å². The van der Waals surface area contributed by atoms with E-state index in [0.717, 1.165) is 37.9 Å². The maximum absolute atomic E-state index is 8.82. The molecule has 2 fully saturated rings. The van der Waals surface area contributed by atoms with E-state index in [4.69, 9.17) is 11.0 Å². The summed E-state index contributed by atoms with van der Waals surface area (Å²) >= 11 is 0. The molecular formula is C14H19N5. The zero-order chi connectivity index (χ0) is 13.2. The van der Waals surface area contributed by atoms with Gasteiger partial charge in [-0.15, -0.1) is 0 Å². The topological polar surface area (TPSA) is 69.2 Å². The van der Waals surface area contributed by atoms with Crippen LogP contribution in [0, 0.1) is 17.2 Å². The lowest BCUT2D eigenvalue weighted by atomic mass is 10.2. The van der Waals surface area contributed by atoms with E-state index < -0.39 is 0 Å². The van der Waals surface area contributed by atoms with Gasteiger partial charge in [0.25, 0.3) is 0 Å². The summed E-state index contributed by atoms with van der Waals surface area (Å²) in [6.45, 7) is 5.35. The molecule has 1 saturated carbocycles. The van der Waals surface area contributed by atoms with Crippen LogP contribution in [0.2, 0.25) is 0 Å². The van der Waals surface area contributed by atoms with Crippen molar-refractivity contribution in [1.82, 2.24) is 9.88 Å². The number of anilines is 2. The Hall–Kier alpha value is -1.80. The molecule has 100 valence electrons. The normalized spacial score (nSPS) is 20.3. The average molecular weight is 257 g/mol. The molecule has 0 spiro atoms. The van der Waals surface area contributed by atoms with E-state index in [1.165, 1.54) is 19.4 Å². The lowest BCUT2D eigenvalue weighted by Gasteiger charge is -2.35. The van der Waals surface area contributed by atoms with Crippen molar-refractivity contribution in [2.75, 3.05) is 43.4 Å². The predicted molar refractivity (Wildman–Crippen MR) is 74.7 cm³/mol. The number of rotatable bonds is 3. The molecule has 2 aliphatic rings. The molecule has 1 aromatic rings.